The minimum absolute atomic E-state index is 0.581. The van der Waals surface area contributed by atoms with Crippen molar-refractivity contribution in [3.05, 3.63) is 47.3 Å². The van der Waals surface area contributed by atoms with Crippen molar-refractivity contribution in [1.82, 2.24) is 9.78 Å². The molecule has 3 rings (SSSR count). The number of aromatic nitrogens is 2. The fourth-order valence-corrected chi connectivity index (χ4v) is 2.33. The van der Waals surface area contributed by atoms with Crippen molar-refractivity contribution in [1.29, 1.82) is 0 Å². The summed E-state index contributed by atoms with van der Waals surface area (Å²) in [5, 5.41) is 4.52. The standard InChI is InChI=1S/C14H17N3/c1-10-4-2-3-5-13(10)17-14(11-6-7-11)12(8-15)9-16-17/h2-5,9,11H,6-8,15H2,1H3. The zero-order valence-corrected chi connectivity index (χ0v) is 10.1. The highest BCUT2D eigenvalue weighted by atomic mass is 15.3. The van der Waals surface area contributed by atoms with Crippen molar-refractivity contribution in [3.8, 4) is 5.69 Å². The van der Waals surface area contributed by atoms with Crippen LogP contribution in [0.4, 0.5) is 0 Å². The molecular weight excluding hydrogens is 210 g/mol. The Bertz CT molecular complexity index is 538. The maximum absolute atomic E-state index is 5.79. The van der Waals surface area contributed by atoms with Gasteiger partial charge in [0.25, 0.3) is 0 Å². The minimum Gasteiger partial charge on any atom is -0.326 e. The quantitative estimate of drug-likeness (QED) is 0.875. The van der Waals surface area contributed by atoms with Gasteiger partial charge in [-0.15, -0.1) is 0 Å². The van der Waals surface area contributed by atoms with Crippen molar-refractivity contribution < 1.29 is 0 Å². The number of para-hydroxylation sites is 1. The van der Waals surface area contributed by atoms with Gasteiger partial charge in [-0.1, -0.05) is 18.2 Å². The molecule has 0 radical (unpaired) electrons. The molecule has 1 saturated carbocycles. The SMILES string of the molecule is Cc1ccccc1-n1ncc(CN)c1C1CC1. The van der Waals surface area contributed by atoms with Crippen LogP contribution in [0.5, 0.6) is 0 Å². The van der Waals surface area contributed by atoms with E-state index in [1.54, 1.807) is 0 Å². The van der Waals surface area contributed by atoms with Crippen LogP contribution in [0.1, 0.15) is 35.6 Å². The van der Waals surface area contributed by atoms with E-state index in [2.05, 4.69) is 41.0 Å². The Balaban J connectivity index is 2.14. The fourth-order valence-electron chi connectivity index (χ4n) is 2.33. The van der Waals surface area contributed by atoms with Gasteiger partial charge in [0.15, 0.2) is 0 Å². The van der Waals surface area contributed by atoms with Gasteiger partial charge in [-0.25, -0.2) is 4.68 Å². The van der Waals surface area contributed by atoms with Crippen molar-refractivity contribution in [2.24, 2.45) is 5.73 Å². The molecule has 1 fully saturated rings. The summed E-state index contributed by atoms with van der Waals surface area (Å²) in [5.74, 6) is 0.663. The van der Waals surface area contributed by atoms with Crippen molar-refractivity contribution >= 4 is 0 Å². The van der Waals surface area contributed by atoms with Crippen LogP contribution >= 0.6 is 0 Å². The van der Waals surface area contributed by atoms with Gasteiger partial charge in [0.2, 0.25) is 0 Å². The average Bonchev–Trinajstić information content (AvgIpc) is 3.10. The van der Waals surface area contributed by atoms with Gasteiger partial charge < -0.3 is 5.73 Å². The van der Waals surface area contributed by atoms with E-state index in [0.717, 1.165) is 0 Å². The normalized spacial score (nSPS) is 15.2. The zero-order valence-electron chi connectivity index (χ0n) is 10.1. The Morgan fingerprint density at radius 3 is 2.76 bits per heavy atom. The second-order valence-corrected chi connectivity index (χ2v) is 4.73. The molecule has 0 atom stereocenters. The molecule has 2 aromatic rings. The van der Waals surface area contributed by atoms with E-state index in [1.807, 2.05) is 6.20 Å². The van der Waals surface area contributed by atoms with Crippen LogP contribution < -0.4 is 5.73 Å². The monoisotopic (exact) mass is 227 g/mol. The molecule has 17 heavy (non-hydrogen) atoms. The second kappa shape index (κ2) is 4.00. The van der Waals surface area contributed by atoms with Crippen LogP contribution in [0, 0.1) is 6.92 Å². The van der Waals surface area contributed by atoms with Crippen molar-refractivity contribution in [2.75, 3.05) is 0 Å². The number of nitrogens with zero attached hydrogens (tertiary/aromatic N) is 2. The summed E-state index contributed by atoms with van der Waals surface area (Å²) in [7, 11) is 0. The summed E-state index contributed by atoms with van der Waals surface area (Å²) in [6.07, 6.45) is 4.45. The fraction of sp³-hybridized carbons (Fsp3) is 0.357. The smallest absolute Gasteiger partial charge is 0.0678 e. The van der Waals surface area contributed by atoms with E-state index < -0.39 is 0 Å². The summed E-state index contributed by atoms with van der Waals surface area (Å²) in [6.45, 7) is 2.70. The molecule has 0 saturated heterocycles. The highest BCUT2D eigenvalue weighted by Gasteiger charge is 2.30. The van der Waals surface area contributed by atoms with Gasteiger partial charge in [0.1, 0.15) is 0 Å². The van der Waals surface area contributed by atoms with E-state index in [9.17, 15) is 0 Å². The van der Waals surface area contributed by atoms with Gasteiger partial charge in [0.05, 0.1) is 17.6 Å². The van der Waals surface area contributed by atoms with Crippen LogP contribution in [0.3, 0.4) is 0 Å². The van der Waals surface area contributed by atoms with E-state index in [-0.39, 0.29) is 0 Å². The molecule has 0 spiro atoms. The Morgan fingerprint density at radius 2 is 2.12 bits per heavy atom. The van der Waals surface area contributed by atoms with Crippen molar-refractivity contribution in [2.45, 2.75) is 32.2 Å². The number of hydrogen-bond donors (Lipinski definition) is 1. The molecule has 88 valence electrons. The van der Waals surface area contributed by atoms with E-state index in [4.69, 9.17) is 5.73 Å². The predicted molar refractivity (Wildman–Crippen MR) is 68.2 cm³/mol. The van der Waals surface area contributed by atoms with E-state index >= 15 is 0 Å². The first-order chi connectivity index (χ1) is 8.31. The molecule has 3 nitrogen and oxygen atoms in total. The third kappa shape index (κ3) is 1.76. The van der Waals surface area contributed by atoms with E-state index in [0.29, 0.717) is 12.5 Å². The maximum Gasteiger partial charge on any atom is 0.0678 e. The Labute approximate surface area is 101 Å². The van der Waals surface area contributed by atoms with Gasteiger partial charge in [-0.2, -0.15) is 5.10 Å². The molecule has 0 amide bonds. The summed E-state index contributed by atoms with van der Waals surface area (Å²) < 4.78 is 2.08. The molecule has 1 aromatic heterocycles. The van der Waals surface area contributed by atoms with Gasteiger partial charge in [-0.05, 0) is 31.4 Å². The Morgan fingerprint density at radius 1 is 1.35 bits per heavy atom. The molecule has 1 aliphatic carbocycles. The Hall–Kier alpha value is -1.61. The molecule has 0 aliphatic heterocycles. The summed E-state index contributed by atoms with van der Waals surface area (Å²) in [4.78, 5) is 0. The lowest BCUT2D eigenvalue weighted by Crippen LogP contribution is -2.06. The number of hydrogen-bond acceptors (Lipinski definition) is 2. The number of aryl methyl sites for hydroxylation is 1. The highest BCUT2D eigenvalue weighted by molar-refractivity contribution is 5.43. The molecular formula is C14H17N3. The second-order valence-electron chi connectivity index (χ2n) is 4.73. The van der Waals surface area contributed by atoms with Crippen molar-refractivity contribution in [3.63, 3.8) is 0 Å². The molecule has 3 heteroatoms. The maximum atomic E-state index is 5.79. The summed E-state index contributed by atoms with van der Waals surface area (Å²) in [5.41, 5.74) is 10.7. The lowest BCUT2D eigenvalue weighted by molar-refractivity contribution is 0.796. The largest absolute Gasteiger partial charge is 0.326 e. The summed E-state index contributed by atoms with van der Waals surface area (Å²) >= 11 is 0. The molecule has 0 bridgehead atoms. The average molecular weight is 227 g/mol. The van der Waals surface area contributed by atoms with Gasteiger partial charge in [-0.3, -0.25) is 0 Å². The lowest BCUT2D eigenvalue weighted by Gasteiger charge is -2.10. The number of rotatable bonds is 3. The highest BCUT2D eigenvalue weighted by Crippen LogP contribution is 2.42. The molecule has 1 aromatic carbocycles. The summed E-state index contributed by atoms with van der Waals surface area (Å²) in [6, 6.07) is 8.36. The van der Waals surface area contributed by atoms with E-state index in [1.165, 1.54) is 35.3 Å². The number of benzene rings is 1. The third-order valence-electron chi connectivity index (χ3n) is 3.41. The van der Waals surface area contributed by atoms with Crippen LogP contribution in [0.15, 0.2) is 30.5 Å². The number of nitrogens with two attached hydrogens (primary N) is 1. The topological polar surface area (TPSA) is 43.8 Å². The van der Waals surface area contributed by atoms with Crippen LogP contribution in [0.25, 0.3) is 5.69 Å². The molecule has 1 heterocycles. The zero-order chi connectivity index (χ0) is 11.8. The van der Waals surface area contributed by atoms with Crippen LogP contribution in [-0.2, 0) is 6.54 Å². The van der Waals surface area contributed by atoms with Gasteiger partial charge in [0, 0.05) is 18.0 Å². The van der Waals surface area contributed by atoms with Crippen LogP contribution in [-0.4, -0.2) is 9.78 Å². The Kier molecular flexibility index (Phi) is 2.48. The minimum atomic E-state index is 0.581. The molecule has 2 N–H and O–H groups in total. The predicted octanol–water partition coefficient (Wildman–Crippen LogP) is 2.52. The van der Waals surface area contributed by atoms with Crippen LogP contribution in [0.2, 0.25) is 0 Å². The first kappa shape index (κ1) is 10.5. The lowest BCUT2D eigenvalue weighted by atomic mass is 10.1. The first-order valence-electron chi connectivity index (χ1n) is 6.14. The van der Waals surface area contributed by atoms with Gasteiger partial charge >= 0.3 is 0 Å². The first-order valence-corrected chi connectivity index (χ1v) is 6.14. The molecule has 0 unspecified atom stereocenters. The molecule has 1 aliphatic rings. The third-order valence-corrected chi connectivity index (χ3v) is 3.41.